The first-order chi connectivity index (χ1) is 16.6. The molecule has 34 heavy (non-hydrogen) atoms. The Bertz CT molecular complexity index is 1130. The number of aryl methyl sites for hydroxylation is 1. The number of halogens is 1. The Morgan fingerprint density at radius 1 is 0.853 bits per heavy atom. The van der Waals surface area contributed by atoms with E-state index in [1.165, 1.54) is 44.2 Å². The van der Waals surface area contributed by atoms with Gasteiger partial charge in [0.2, 0.25) is 0 Å². The van der Waals surface area contributed by atoms with Crippen molar-refractivity contribution < 1.29 is 9.13 Å². The van der Waals surface area contributed by atoms with Crippen LogP contribution in [0.4, 0.5) is 4.39 Å². The summed E-state index contributed by atoms with van der Waals surface area (Å²) < 4.78 is 21.4. The van der Waals surface area contributed by atoms with E-state index in [-0.39, 0.29) is 5.82 Å². The number of nitrogens with zero attached hydrogens (tertiary/aromatic N) is 1. The van der Waals surface area contributed by atoms with Gasteiger partial charge in [-0.2, -0.15) is 0 Å². The maximum Gasteiger partial charge on any atom is 0.129 e. The highest BCUT2D eigenvalue weighted by Gasteiger charge is 2.12. The van der Waals surface area contributed by atoms with Gasteiger partial charge in [0, 0.05) is 17.3 Å². The molecule has 0 saturated heterocycles. The van der Waals surface area contributed by atoms with Crippen molar-refractivity contribution in [1.29, 1.82) is 0 Å². The van der Waals surface area contributed by atoms with Gasteiger partial charge in [0.1, 0.15) is 18.2 Å². The Hall–Kier alpha value is -3.07. The molecule has 0 amide bonds. The summed E-state index contributed by atoms with van der Waals surface area (Å²) >= 11 is 0. The fourth-order valence-electron chi connectivity index (χ4n) is 4.42. The first-order valence-electron chi connectivity index (χ1n) is 12.6. The molecule has 3 heteroatoms. The maximum absolute atomic E-state index is 13.2. The lowest BCUT2D eigenvalue weighted by Crippen LogP contribution is -1.99. The normalized spacial score (nSPS) is 13.4. The summed E-state index contributed by atoms with van der Waals surface area (Å²) in [5.41, 5.74) is 4.24. The van der Waals surface area contributed by atoms with Crippen LogP contribution in [0.25, 0.3) is 16.6 Å². The molecule has 1 fully saturated rings. The summed E-state index contributed by atoms with van der Waals surface area (Å²) in [5.74, 6) is 1.66. The van der Waals surface area contributed by atoms with E-state index in [4.69, 9.17) is 4.74 Å². The second-order valence-electron chi connectivity index (χ2n) is 8.83. The lowest BCUT2D eigenvalue weighted by Gasteiger charge is -2.15. The van der Waals surface area contributed by atoms with Crippen molar-refractivity contribution in [2.24, 2.45) is 5.92 Å². The standard InChI is InChI=1S/C22H18FNO.C7H14.C2H6/c1-16-14-24(19-12-10-18(23)11-13-19)20-8-5-9-21(22(16)20)25-15-17-6-3-2-4-7-17;1-7-5-3-2-4-6-7;1-2/h2-14H,15H2,1H3;7H,2-6H2,1H3;1-2H3. The van der Waals surface area contributed by atoms with Crippen LogP contribution in [0.5, 0.6) is 5.75 Å². The Morgan fingerprint density at radius 2 is 1.53 bits per heavy atom. The molecule has 0 spiro atoms. The van der Waals surface area contributed by atoms with Gasteiger partial charge < -0.3 is 9.30 Å². The van der Waals surface area contributed by atoms with Gasteiger partial charge in [-0.3, -0.25) is 0 Å². The number of benzene rings is 3. The molecule has 1 heterocycles. The largest absolute Gasteiger partial charge is 0.488 e. The van der Waals surface area contributed by atoms with Gasteiger partial charge in [-0.15, -0.1) is 0 Å². The smallest absolute Gasteiger partial charge is 0.129 e. The maximum atomic E-state index is 13.2. The highest BCUT2D eigenvalue weighted by Crippen LogP contribution is 2.32. The van der Waals surface area contributed by atoms with Crippen LogP contribution >= 0.6 is 0 Å². The van der Waals surface area contributed by atoms with Crippen LogP contribution in [0.2, 0.25) is 0 Å². The van der Waals surface area contributed by atoms with E-state index in [0.29, 0.717) is 6.61 Å². The van der Waals surface area contributed by atoms with Gasteiger partial charge in [-0.1, -0.05) is 89.3 Å². The number of fused-ring (bicyclic) bond motifs is 1. The first kappa shape index (κ1) is 25.6. The van der Waals surface area contributed by atoms with Crippen LogP contribution in [-0.4, -0.2) is 4.57 Å². The minimum atomic E-state index is -0.233. The Labute approximate surface area is 204 Å². The van der Waals surface area contributed by atoms with E-state index >= 15 is 0 Å². The van der Waals surface area contributed by atoms with Gasteiger partial charge in [0.05, 0.1) is 5.52 Å². The molecule has 2 nitrogen and oxygen atoms in total. The minimum Gasteiger partial charge on any atom is -0.488 e. The van der Waals surface area contributed by atoms with Gasteiger partial charge in [0.25, 0.3) is 0 Å². The van der Waals surface area contributed by atoms with Crippen LogP contribution in [0.15, 0.2) is 79.0 Å². The highest BCUT2D eigenvalue weighted by molar-refractivity contribution is 5.91. The van der Waals surface area contributed by atoms with Crippen LogP contribution < -0.4 is 4.74 Å². The molecule has 0 unspecified atom stereocenters. The molecule has 0 bridgehead atoms. The second-order valence-corrected chi connectivity index (χ2v) is 8.83. The predicted octanol–water partition coefficient (Wildman–Crippen LogP) is 9.27. The topological polar surface area (TPSA) is 14.2 Å². The van der Waals surface area contributed by atoms with Crippen LogP contribution in [-0.2, 0) is 6.61 Å². The molecule has 0 aliphatic heterocycles. The third-order valence-electron chi connectivity index (χ3n) is 6.22. The van der Waals surface area contributed by atoms with Gasteiger partial charge >= 0.3 is 0 Å². The van der Waals surface area contributed by atoms with Crippen molar-refractivity contribution in [3.05, 3.63) is 95.9 Å². The summed E-state index contributed by atoms with van der Waals surface area (Å²) in [6.45, 7) is 8.96. The van der Waals surface area contributed by atoms with Crippen molar-refractivity contribution in [2.75, 3.05) is 0 Å². The number of hydrogen-bond acceptors (Lipinski definition) is 1. The van der Waals surface area contributed by atoms with E-state index in [1.54, 1.807) is 12.1 Å². The number of aromatic nitrogens is 1. The average molecular weight is 460 g/mol. The van der Waals surface area contributed by atoms with Crippen molar-refractivity contribution >= 4 is 10.9 Å². The quantitative estimate of drug-likeness (QED) is 0.296. The third-order valence-corrected chi connectivity index (χ3v) is 6.22. The van der Waals surface area contributed by atoms with E-state index in [2.05, 4.69) is 42.8 Å². The Morgan fingerprint density at radius 3 is 2.15 bits per heavy atom. The summed E-state index contributed by atoms with van der Waals surface area (Å²) in [4.78, 5) is 0. The fourth-order valence-corrected chi connectivity index (χ4v) is 4.42. The molecule has 0 atom stereocenters. The number of hydrogen-bond donors (Lipinski definition) is 0. The lowest BCUT2D eigenvalue weighted by molar-refractivity contribution is 0.310. The zero-order valence-electron chi connectivity index (χ0n) is 21.1. The second kappa shape index (κ2) is 13.0. The monoisotopic (exact) mass is 459 g/mol. The zero-order valence-corrected chi connectivity index (χ0v) is 21.1. The summed E-state index contributed by atoms with van der Waals surface area (Å²) in [7, 11) is 0. The molecular weight excluding hydrogens is 421 g/mol. The van der Waals surface area contributed by atoms with Crippen LogP contribution in [0, 0.1) is 18.7 Å². The van der Waals surface area contributed by atoms with Crippen molar-refractivity contribution in [3.8, 4) is 11.4 Å². The fraction of sp³-hybridized carbons (Fsp3) is 0.355. The molecule has 180 valence electrons. The molecule has 0 radical (unpaired) electrons. The number of ether oxygens (including phenoxy) is 1. The van der Waals surface area contributed by atoms with Gasteiger partial charge in [-0.25, -0.2) is 4.39 Å². The predicted molar refractivity (Wildman–Crippen MR) is 142 cm³/mol. The van der Waals surface area contributed by atoms with E-state index in [9.17, 15) is 4.39 Å². The SMILES string of the molecule is CC.CC1CCCCC1.Cc1cn(-c2ccc(F)cc2)c2cccc(OCc3ccccc3)c12. The van der Waals surface area contributed by atoms with E-state index < -0.39 is 0 Å². The van der Waals surface area contributed by atoms with Crippen LogP contribution in [0.1, 0.15) is 64.0 Å². The van der Waals surface area contributed by atoms with Crippen molar-refractivity contribution in [3.63, 3.8) is 0 Å². The molecule has 1 saturated carbocycles. The van der Waals surface area contributed by atoms with Crippen LogP contribution in [0.3, 0.4) is 0 Å². The lowest BCUT2D eigenvalue weighted by atomic mass is 9.91. The number of rotatable bonds is 4. The van der Waals surface area contributed by atoms with E-state index in [0.717, 1.165) is 39.4 Å². The zero-order chi connectivity index (χ0) is 24.3. The molecule has 1 aliphatic carbocycles. The van der Waals surface area contributed by atoms with E-state index in [1.807, 2.05) is 44.2 Å². The van der Waals surface area contributed by atoms with Crippen molar-refractivity contribution in [2.45, 2.75) is 66.4 Å². The molecule has 3 aromatic carbocycles. The average Bonchev–Trinajstić information content (AvgIpc) is 3.23. The molecular formula is C31H38FNO. The molecule has 1 aromatic heterocycles. The molecule has 4 aromatic rings. The highest BCUT2D eigenvalue weighted by atomic mass is 19.1. The van der Waals surface area contributed by atoms with Gasteiger partial charge in [-0.05, 0) is 60.4 Å². The minimum absolute atomic E-state index is 0.233. The van der Waals surface area contributed by atoms with Gasteiger partial charge in [0.15, 0.2) is 0 Å². The summed E-state index contributed by atoms with van der Waals surface area (Å²) in [6, 6.07) is 22.7. The van der Waals surface area contributed by atoms with Crippen molar-refractivity contribution in [1.82, 2.24) is 4.57 Å². The summed E-state index contributed by atoms with van der Waals surface area (Å²) in [6.07, 6.45) is 9.50. The Balaban J connectivity index is 0.000000306. The Kier molecular flexibility index (Phi) is 9.75. The third kappa shape index (κ3) is 6.72. The summed E-state index contributed by atoms with van der Waals surface area (Å²) in [5, 5.41) is 1.09. The molecule has 0 N–H and O–H groups in total. The molecule has 1 aliphatic rings. The molecule has 5 rings (SSSR count). The first-order valence-corrected chi connectivity index (χ1v) is 12.6.